The number of rotatable bonds is 5. The van der Waals surface area contributed by atoms with Crippen LogP contribution in [0.2, 0.25) is 10.0 Å². The highest BCUT2D eigenvalue weighted by Crippen LogP contribution is 2.28. The largest absolute Gasteiger partial charge is 0.488 e. The number of benzene rings is 2. The molecule has 1 fully saturated rings. The number of urea groups is 1. The van der Waals surface area contributed by atoms with Gasteiger partial charge in [0.05, 0.1) is 10.0 Å². The zero-order valence-electron chi connectivity index (χ0n) is 14.3. The van der Waals surface area contributed by atoms with E-state index >= 15 is 0 Å². The molecule has 27 heavy (non-hydrogen) atoms. The Morgan fingerprint density at radius 1 is 1.15 bits per heavy atom. The first-order valence-corrected chi connectivity index (χ1v) is 9.64. The second kappa shape index (κ2) is 8.33. The maximum Gasteiger partial charge on any atom is 0.328 e. The van der Waals surface area contributed by atoms with Crippen LogP contribution in [0.1, 0.15) is 18.1 Å². The minimum Gasteiger partial charge on any atom is -0.488 e. The molecule has 1 saturated heterocycles. The maximum atomic E-state index is 12.3. The molecule has 3 amide bonds. The maximum absolute atomic E-state index is 12.3. The van der Waals surface area contributed by atoms with E-state index in [2.05, 4.69) is 21.2 Å². The van der Waals surface area contributed by atoms with Gasteiger partial charge in [0.2, 0.25) is 0 Å². The molecular weight excluding hydrogens is 455 g/mol. The first-order chi connectivity index (χ1) is 12.9. The van der Waals surface area contributed by atoms with Crippen molar-refractivity contribution in [2.24, 2.45) is 0 Å². The summed E-state index contributed by atoms with van der Waals surface area (Å²) in [5.41, 5.74) is 1.72. The smallest absolute Gasteiger partial charge is 0.328 e. The van der Waals surface area contributed by atoms with Crippen molar-refractivity contribution >= 4 is 57.1 Å². The number of imide groups is 1. The lowest BCUT2D eigenvalue weighted by molar-refractivity contribution is -0.122. The summed E-state index contributed by atoms with van der Waals surface area (Å²) < 4.78 is 6.71. The van der Waals surface area contributed by atoms with Gasteiger partial charge in [-0.3, -0.25) is 9.69 Å². The Bertz CT molecular complexity index is 947. The topological polar surface area (TPSA) is 58.6 Å². The lowest BCUT2D eigenvalue weighted by Crippen LogP contribution is -2.30. The van der Waals surface area contributed by atoms with Crippen LogP contribution in [0.5, 0.6) is 5.75 Å². The highest BCUT2D eigenvalue weighted by atomic mass is 79.9. The number of carbonyl (C=O) groups is 2. The summed E-state index contributed by atoms with van der Waals surface area (Å²) in [4.78, 5) is 25.3. The van der Waals surface area contributed by atoms with Gasteiger partial charge in [0.1, 0.15) is 18.1 Å². The molecule has 1 aliphatic heterocycles. The van der Waals surface area contributed by atoms with Crippen LogP contribution < -0.4 is 10.1 Å². The summed E-state index contributed by atoms with van der Waals surface area (Å²) in [5, 5.41) is 3.51. The van der Waals surface area contributed by atoms with Crippen LogP contribution in [0.25, 0.3) is 6.08 Å². The van der Waals surface area contributed by atoms with E-state index in [1.807, 2.05) is 18.2 Å². The van der Waals surface area contributed by atoms with Crippen molar-refractivity contribution in [3.05, 3.63) is 67.7 Å². The molecule has 0 bridgehead atoms. The van der Waals surface area contributed by atoms with Gasteiger partial charge < -0.3 is 10.1 Å². The predicted molar refractivity (Wildman–Crippen MR) is 109 cm³/mol. The highest BCUT2D eigenvalue weighted by Gasteiger charge is 2.32. The third-order valence-corrected chi connectivity index (χ3v) is 5.16. The number of hydrogen-bond acceptors (Lipinski definition) is 3. The average molecular weight is 470 g/mol. The number of hydrogen-bond donors (Lipinski definition) is 1. The molecule has 8 heteroatoms. The van der Waals surface area contributed by atoms with Crippen LogP contribution in [0, 0.1) is 0 Å². The Kier molecular flexibility index (Phi) is 6.09. The third kappa shape index (κ3) is 4.46. The van der Waals surface area contributed by atoms with E-state index in [0.717, 1.165) is 14.9 Å². The number of nitrogens with one attached hydrogen (secondary N) is 1. The summed E-state index contributed by atoms with van der Waals surface area (Å²) in [6, 6.07) is 10.3. The molecule has 0 atom stereocenters. The van der Waals surface area contributed by atoms with Gasteiger partial charge in [0.25, 0.3) is 5.91 Å². The van der Waals surface area contributed by atoms with Crippen LogP contribution in [0.4, 0.5) is 4.79 Å². The summed E-state index contributed by atoms with van der Waals surface area (Å²) in [6.45, 7) is 2.32. The number of ether oxygens (including phenoxy) is 1. The van der Waals surface area contributed by atoms with Gasteiger partial charge in [0, 0.05) is 16.6 Å². The Hall–Kier alpha value is -2.02. The summed E-state index contributed by atoms with van der Waals surface area (Å²) in [5.74, 6) is 0.201. The Labute approximate surface area is 175 Å². The van der Waals surface area contributed by atoms with Crippen molar-refractivity contribution in [3.8, 4) is 5.75 Å². The molecular formula is C19H15BrCl2N2O3. The molecule has 0 saturated carbocycles. The van der Waals surface area contributed by atoms with Crippen molar-refractivity contribution < 1.29 is 14.3 Å². The Balaban J connectivity index is 1.85. The van der Waals surface area contributed by atoms with Gasteiger partial charge in [-0.2, -0.15) is 0 Å². The van der Waals surface area contributed by atoms with Crippen LogP contribution in [0.3, 0.4) is 0 Å². The molecule has 0 aliphatic carbocycles. The summed E-state index contributed by atoms with van der Waals surface area (Å²) in [7, 11) is 0. The van der Waals surface area contributed by atoms with Gasteiger partial charge in [-0.1, -0.05) is 45.2 Å². The fourth-order valence-corrected chi connectivity index (χ4v) is 3.27. The monoisotopic (exact) mass is 468 g/mol. The van der Waals surface area contributed by atoms with Gasteiger partial charge in [-0.25, -0.2) is 4.79 Å². The van der Waals surface area contributed by atoms with E-state index in [9.17, 15) is 9.59 Å². The minimum absolute atomic E-state index is 0.208. The molecule has 1 N–H and O–H groups in total. The standard InChI is InChI=1S/C19H15BrCl2N2O3/c1-2-24-18(25)16(23-19(24)26)9-12-8-13(20)4-6-17(12)27-10-11-3-5-14(21)15(22)7-11/h3-9H,2,10H2,1H3,(H,23,26)/b16-9+. The molecule has 5 nitrogen and oxygen atoms in total. The zero-order chi connectivity index (χ0) is 19.6. The number of amides is 3. The molecule has 0 unspecified atom stereocenters. The van der Waals surface area contributed by atoms with Crippen molar-refractivity contribution in [1.29, 1.82) is 0 Å². The summed E-state index contributed by atoms with van der Waals surface area (Å²) in [6.07, 6.45) is 1.60. The SMILES string of the molecule is CCN1C(=O)N/C(=C/c2cc(Br)ccc2OCc2ccc(Cl)c(Cl)c2)C1=O. The molecule has 3 rings (SSSR count). The van der Waals surface area contributed by atoms with Crippen molar-refractivity contribution in [3.63, 3.8) is 0 Å². The van der Waals surface area contributed by atoms with Crippen molar-refractivity contribution in [2.45, 2.75) is 13.5 Å². The normalized spacial score (nSPS) is 15.4. The molecule has 140 valence electrons. The van der Waals surface area contributed by atoms with E-state index in [1.54, 1.807) is 31.2 Å². The van der Waals surface area contributed by atoms with Gasteiger partial charge in [-0.15, -0.1) is 0 Å². The van der Waals surface area contributed by atoms with E-state index in [-0.39, 0.29) is 18.2 Å². The molecule has 0 spiro atoms. The first-order valence-electron chi connectivity index (χ1n) is 8.10. The zero-order valence-corrected chi connectivity index (χ0v) is 17.4. The number of carbonyl (C=O) groups excluding carboxylic acids is 2. The average Bonchev–Trinajstić information content (AvgIpc) is 2.90. The van der Waals surface area contributed by atoms with Crippen LogP contribution in [-0.2, 0) is 11.4 Å². The van der Waals surface area contributed by atoms with Crippen molar-refractivity contribution in [2.75, 3.05) is 6.54 Å². The van der Waals surface area contributed by atoms with Crippen LogP contribution >= 0.6 is 39.1 Å². The molecule has 0 aromatic heterocycles. The van der Waals surface area contributed by atoms with E-state index in [0.29, 0.717) is 27.9 Å². The fraction of sp³-hybridized carbons (Fsp3) is 0.158. The van der Waals surface area contributed by atoms with Crippen LogP contribution in [-0.4, -0.2) is 23.4 Å². The third-order valence-electron chi connectivity index (χ3n) is 3.93. The Morgan fingerprint density at radius 2 is 1.93 bits per heavy atom. The van der Waals surface area contributed by atoms with E-state index in [1.165, 1.54) is 0 Å². The number of nitrogens with zero attached hydrogens (tertiary/aromatic N) is 1. The molecule has 2 aromatic carbocycles. The summed E-state index contributed by atoms with van der Waals surface area (Å²) >= 11 is 15.4. The molecule has 0 radical (unpaired) electrons. The minimum atomic E-state index is -0.429. The molecule has 1 aliphatic rings. The molecule has 2 aromatic rings. The lowest BCUT2D eigenvalue weighted by Gasteiger charge is -2.11. The number of likely N-dealkylation sites (N-methyl/N-ethyl adjacent to an activating group) is 1. The van der Waals surface area contributed by atoms with E-state index in [4.69, 9.17) is 27.9 Å². The number of halogens is 3. The fourth-order valence-electron chi connectivity index (χ4n) is 2.57. The van der Waals surface area contributed by atoms with Crippen LogP contribution in [0.15, 0.2) is 46.6 Å². The second-order valence-electron chi connectivity index (χ2n) is 5.76. The van der Waals surface area contributed by atoms with E-state index < -0.39 is 6.03 Å². The van der Waals surface area contributed by atoms with Gasteiger partial charge >= 0.3 is 6.03 Å². The quantitative estimate of drug-likeness (QED) is 0.480. The Morgan fingerprint density at radius 3 is 2.59 bits per heavy atom. The predicted octanol–water partition coefficient (Wildman–Crippen LogP) is 5.25. The van der Waals surface area contributed by atoms with Gasteiger partial charge in [-0.05, 0) is 48.9 Å². The van der Waals surface area contributed by atoms with Gasteiger partial charge in [0.15, 0.2) is 0 Å². The van der Waals surface area contributed by atoms with Crippen molar-refractivity contribution in [1.82, 2.24) is 10.2 Å². The lowest BCUT2D eigenvalue weighted by atomic mass is 10.1. The molecule has 1 heterocycles. The second-order valence-corrected chi connectivity index (χ2v) is 7.49. The first kappa shape index (κ1) is 19.7. The highest BCUT2D eigenvalue weighted by molar-refractivity contribution is 9.10.